The van der Waals surface area contributed by atoms with E-state index in [2.05, 4.69) is 55.4 Å². The summed E-state index contributed by atoms with van der Waals surface area (Å²) in [5.74, 6) is 0.774. The highest BCUT2D eigenvalue weighted by atomic mass is 79.9. The lowest BCUT2D eigenvalue weighted by Crippen LogP contribution is -2.47. The highest BCUT2D eigenvalue weighted by molar-refractivity contribution is 9.10. The normalized spacial score (nSPS) is 16.5. The Labute approximate surface area is 121 Å². The van der Waals surface area contributed by atoms with Crippen molar-refractivity contribution in [2.75, 3.05) is 13.1 Å². The van der Waals surface area contributed by atoms with Gasteiger partial charge in [-0.1, -0.05) is 33.3 Å². The van der Waals surface area contributed by atoms with Gasteiger partial charge in [0.15, 0.2) is 0 Å². The number of hydrogen-bond donors (Lipinski definition) is 0. The molecule has 100 valence electrons. The van der Waals surface area contributed by atoms with Crippen LogP contribution in [0.4, 0.5) is 0 Å². The number of aryl methyl sites for hydroxylation is 1. The van der Waals surface area contributed by atoms with Crippen molar-refractivity contribution in [3.05, 3.63) is 46.2 Å². The Kier molecular flexibility index (Phi) is 3.66. The number of aromatic nitrogens is 3. The standard InChI is InChI=1S/C14H17BrN4/c1-18-14(7-16-17-18)10-19-8-12(9-19)5-11-3-2-4-13(15)6-11/h2-4,6-7,12H,5,8-10H2,1H3. The first-order chi connectivity index (χ1) is 9.20. The zero-order chi connectivity index (χ0) is 13.2. The molecule has 4 nitrogen and oxygen atoms in total. The van der Waals surface area contributed by atoms with Crippen LogP contribution in [-0.2, 0) is 20.0 Å². The van der Waals surface area contributed by atoms with Crippen LogP contribution in [0.2, 0.25) is 0 Å². The van der Waals surface area contributed by atoms with Crippen LogP contribution in [0.5, 0.6) is 0 Å². The maximum absolute atomic E-state index is 3.96. The maximum atomic E-state index is 3.96. The molecular weight excluding hydrogens is 304 g/mol. The molecule has 1 aliphatic heterocycles. The quantitative estimate of drug-likeness (QED) is 0.866. The largest absolute Gasteiger partial charge is 0.297 e. The third kappa shape index (κ3) is 3.04. The van der Waals surface area contributed by atoms with E-state index in [1.807, 2.05) is 17.9 Å². The van der Waals surface area contributed by atoms with Gasteiger partial charge in [-0.05, 0) is 30.0 Å². The minimum atomic E-state index is 0.774. The molecule has 0 aliphatic carbocycles. The molecule has 2 heterocycles. The van der Waals surface area contributed by atoms with E-state index in [0.717, 1.165) is 25.6 Å². The molecule has 1 aromatic heterocycles. The number of halogens is 1. The molecule has 0 saturated carbocycles. The van der Waals surface area contributed by atoms with Gasteiger partial charge in [-0.15, -0.1) is 5.10 Å². The fourth-order valence-corrected chi connectivity index (χ4v) is 3.06. The van der Waals surface area contributed by atoms with Crippen molar-refractivity contribution in [2.45, 2.75) is 13.0 Å². The summed E-state index contributed by atoms with van der Waals surface area (Å²) < 4.78 is 3.02. The average Bonchev–Trinajstić information content (AvgIpc) is 2.72. The van der Waals surface area contributed by atoms with E-state index in [-0.39, 0.29) is 0 Å². The smallest absolute Gasteiger partial charge is 0.0738 e. The van der Waals surface area contributed by atoms with Gasteiger partial charge in [-0.3, -0.25) is 9.58 Å². The van der Waals surface area contributed by atoms with E-state index in [1.54, 1.807) is 0 Å². The summed E-state index contributed by atoms with van der Waals surface area (Å²) >= 11 is 3.52. The third-order valence-electron chi connectivity index (χ3n) is 3.64. The predicted molar refractivity (Wildman–Crippen MR) is 77.6 cm³/mol. The molecule has 0 bridgehead atoms. The van der Waals surface area contributed by atoms with Gasteiger partial charge < -0.3 is 0 Å². The number of benzene rings is 1. The highest BCUT2D eigenvalue weighted by Crippen LogP contribution is 2.23. The first-order valence-corrected chi connectivity index (χ1v) is 7.30. The van der Waals surface area contributed by atoms with Crippen LogP contribution in [-0.4, -0.2) is 33.0 Å². The summed E-state index contributed by atoms with van der Waals surface area (Å²) in [6, 6.07) is 8.61. The van der Waals surface area contributed by atoms with E-state index in [9.17, 15) is 0 Å². The van der Waals surface area contributed by atoms with Crippen LogP contribution in [0.3, 0.4) is 0 Å². The number of rotatable bonds is 4. The lowest BCUT2D eigenvalue weighted by molar-refractivity contribution is 0.0898. The Morgan fingerprint density at radius 3 is 2.89 bits per heavy atom. The van der Waals surface area contributed by atoms with Gasteiger partial charge >= 0.3 is 0 Å². The lowest BCUT2D eigenvalue weighted by Gasteiger charge is -2.39. The average molecular weight is 321 g/mol. The molecule has 0 atom stereocenters. The van der Waals surface area contributed by atoms with Gasteiger partial charge in [0.1, 0.15) is 0 Å². The van der Waals surface area contributed by atoms with Crippen LogP contribution in [0.1, 0.15) is 11.3 Å². The monoisotopic (exact) mass is 320 g/mol. The number of nitrogens with zero attached hydrogens (tertiary/aromatic N) is 4. The highest BCUT2D eigenvalue weighted by Gasteiger charge is 2.27. The fourth-order valence-electron chi connectivity index (χ4n) is 2.62. The summed E-state index contributed by atoms with van der Waals surface area (Å²) in [4.78, 5) is 2.45. The molecule has 0 amide bonds. The summed E-state index contributed by atoms with van der Waals surface area (Å²) in [6.07, 6.45) is 3.02. The van der Waals surface area contributed by atoms with E-state index in [1.165, 1.54) is 22.2 Å². The van der Waals surface area contributed by atoms with Crippen molar-refractivity contribution in [2.24, 2.45) is 13.0 Å². The molecule has 0 radical (unpaired) electrons. The second-order valence-electron chi connectivity index (χ2n) is 5.24. The molecule has 1 saturated heterocycles. The molecule has 0 spiro atoms. The van der Waals surface area contributed by atoms with Crippen molar-refractivity contribution >= 4 is 15.9 Å². The van der Waals surface area contributed by atoms with Gasteiger partial charge in [0.25, 0.3) is 0 Å². The molecule has 1 fully saturated rings. The minimum Gasteiger partial charge on any atom is -0.297 e. The van der Waals surface area contributed by atoms with Gasteiger partial charge in [-0.2, -0.15) is 0 Å². The zero-order valence-electron chi connectivity index (χ0n) is 11.0. The van der Waals surface area contributed by atoms with Crippen LogP contribution in [0, 0.1) is 5.92 Å². The van der Waals surface area contributed by atoms with E-state index < -0.39 is 0 Å². The Morgan fingerprint density at radius 1 is 1.37 bits per heavy atom. The number of hydrogen-bond acceptors (Lipinski definition) is 3. The molecule has 0 N–H and O–H groups in total. The Morgan fingerprint density at radius 2 is 2.21 bits per heavy atom. The minimum absolute atomic E-state index is 0.774. The molecule has 1 aromatic carbocycles. The van der Waals surface area contributed by atoms with Gasteiger partial charge in [0, 0.05) is 31.2 Å². The summed E-state index contributed by atoms with van der Waals surface area (Å²) in [5, 5.41) is 7.87. The Hall–Kier alpha value is -1.20. The molecule has 3 rings (SSSR count). The predicted octanol–water partition coefficient (Wildman–Crippen LogP) is 2.25. The molecule has 19 heavy (non-hydrogen) atoms. The van der Waals surface area contributed by atoms with Crippen LogP contribution in [0.15, 0.2) is 34.9 Å². The lowest BCUT2D eigenvalue weighted by atomic mass is 9.92. The van der Waals surface area contributed by atoms with Crippen LogP contribution >= 0.6 is 15.9 Å². The van der Waals surface area contributed by atoms with Crippen molar-refractivity contribution in [3.8, 4) is 0 Å². The molecule has 0 unspecified atom stereocenters. The SMILES string of the molecule is Cn1nncc1CN1CC(Cc2cccc(Br)c2)C1. The summed E-state index contributed by atoms with van der Waals surface area (Å²) in [7, 11) is 1.95. The second-order valence-corrected chi connectivity index (χ2v) is 6.16. The summed E-state index contributed by atoms with van der Waals surface area (Å²) in [6.45, 7) is 3.29. The van der Waals surface area contributed by atoms with E-state index >= 15 is 0 Å². The summed E-state index contributed by atoms with van der Waals surface area (Å²) in [5.41, 5.74) is 2.60. The van der Waals surface area contributed by atoms with Crippen molar-refractivity contribution in [1.29, 1.82) is 0 Å². The van der Waals surface area contributed by atoms with Crippen molar-refractivity contribution in [3.63, 3.8) is 0 Å². The first kappa shape index (κ1) is 12.8. The third-order valence-corrected chi connectivity index (χ3v) is 4.13. The zero-order valence-corrected chi connectivity index (χ0v) is 12.5. The second kappa shape index (κ2) is 5.43. The number of likely N-dealkylation sites (tertiary alicyclic amines) is 1. The van der Waals surface area contributed by atoms with E-state index in [4.69, 9.17) is 0 Å². The van der Waals surface area contributed by atoms with Crippen molar-refractivity contribution in [1.82, 2.24) is 19.9 Å². The molecule has 1 aliphatic rings. The topological polar surface area (TPSA) is 34.0 Å². The van der Waals surface area contributed by atoms with Crippen LogP contribution in [0.25, 0.3) is 0 Å². The van der Waals surface area contributed by atoms with Crippen LogP contribution < -0.4 is 0 Å². The fraction of sp³-hybridized carbons (Fsp3) is 0.429. The van der Waals surface area contributed by atoms with Gasteiger partial charge in [-0.25, -0.2) is 0 Å². The van der Waals surface area contributed by atoms with Gasteiger partial charge in [0.05, 0.1) is 11.9 Å². The molecule has 2 aromatic rings. The molecular formula is C14H17BrN4. The molecule has 5 heteroatoms. The van der Waals surface area contributed by atoms with Crippen molar-refractivity contribution < 1.29 is 0 Å². The van der Waals surface area contributed by atoms with E-state index in [0.29, 0.717) is 0 Å². The maximum Gasteiger partial charge on any atom is 0.0738 e. The first-order valence-electron chi connectivity index (χ1n) is 6.51. The Balaban J connectivity index is 1.49. The van der Waals surface area contributed by atoms with Gasteiger partial charge in [0.2, 0.25) is 0 Å². The Bertz CT molecular complexity index is 560.